The summed E-state index contributed by atoms with van der Waals surface area (Å²) in [4.78, 5) is 10.8. The summed E-state index contributed by atoms with van der Waals surface area (Å²) in [6.07, 6.45) is 3.82. The zero-order chi connectivity index (χ0) is 17.5. The molecule has 0 atom stereocenters. The van der Waals surface area contributed by atoms with Gasteiger partial charge in [-0.05, 0) is 52.0 Å². The molecule has 0 amide bonds. The normalized spacial score (nSPS) is 18.0. The maximum atomic E-state index is 10.8. The molecule has 0 unspecified atom stereocenters. The van der Waals surface area contributed by atoms with Gasteiger partial charge in [0.05, 0.1) is 0 Å². The first-order chi connectivity index (χ1) is 11.2. The lowest BCUT2D eigenvalue weighted by molar-refractivity contribution is 0.112. The van der Waals surface area contributed by atoms with Gasteiger partial charge in [-0.1, -0.05) is 58.0 Å². The average Bonchev–Trinajstić information content (AvgIpc) is 2.54. The number of phenolic OH excluding ortho intramolecular Hbond substituents is 1. The molecule has 0 bridgehead atoms. The molecule has 24 heavy (non-hydrogen) atoms. The summed E-state index contributed by atoms with van der Waals surface area (Å²) < 4.78 is 0. The number of carbonyl (C=O) groups is 1. The van der Waals surface area contributed by atoms with Gasteiger partial charge in [0, 0.05) is 12.0 Å². The molecule has 1 N–H and O–H groups in total. The number of aldehydes is 1. The summed E-state index contributed by atoms with van der Waals surface area (Å²) in [5.74, 6) is 0.374. The predicted molar refractivity (Wildman–Crippen MR) is 98.0 cm³/mol. The van der Waals surface area contributed by atoms with Crippen LogP contribution in [0.15, 0.2) is 36.4 Å². The molecule has 2 heteroatoms. The fraction of sp³-hybridized carbons (Fsp3) is 0.409. The number of fused-ring (bicyclic) bond motifs is 1. The summed E-state index contributed by atoms with van der Waals surface area (Å²) in [5.41, 5.74) is 5.60. The molecule has 2 aromatic rings. The molecule has 2 aromatic carbocycles. The highest BCUT2D eigenvalue weighted by Gasteiger charge is 2.37. The van der Waals surface area contributed by atoms with Gasteiger partial charge in [-0.3, -0.25) is 4.79 Å². The first kappa shape index (κ1) is 16.8. The second kappa shape index (κ2) is 5.77. The molecular weight excluding hydrogens is 296 g/mol. The molecule has 126 valence electrons. The van der Waals surface area contributed by atoms with Crippen LogP contribution in [0.25, 0.3) is 0 Å². The van der Waals surface area contributed by atoms with Crippen molar-refractivity contribution in [3.8, 4) is 5.75 Å². The number of hydrogen-bond acceptors (Lipinski definition) is 2. The number of hydrogen-bond donors (Lipinski definition) is 1. The van der Waals surface area contributed by atoms with E-state index in [1.54, 1.807) is 0 Å². The maximum Gasteiger partial charge on any atom is 0.150 e. The van der Waals surface area contributed by atoms with Gasteiger partial charge in [0.15, 0.2) is 0 Å². The Morgan fingerprint density at radius 1 is 0.958 bits per heavy atom. The minimum Gasteiger partial charge on any atom is -0.508 e. The average molecular weight is 322 g/mol. The number of phenols is 1. The summed E-state index contributed by atoms with van der Waals surface area (Å²) in [5, 5.41) is 10.6. The van der Waals surface area contributed by atoms with Crippen LogP contribution in [0.4, 0.5) is 0 Å². The van der Waals surface area contributed by atoms with Gasteiger partial charge in [-0.25, -0.2) is 0 Å². The third-order valence-corrected chi connectivity index (χ3v) is 5.56. The predicted octanol–water partition coefficient (Wildman–Crippen LogP) is 5.14. The Labute approximate surface area is 144 Å². The Balaban J connectivity index is 2.02. The van der Waals surface area contributed by atoms with Crippen LogP contribution >= 0.6 is 0 Å². The van der Waals surface area contributed by atoms with E-state index >= 15 is 0 Å². The highest BCUT2D eigenvalue weighted by Crippen LogP contribution is 2.47. The van der Waals surface area contributed by atoms with E-state index in [1.165, 1.54) is 11.1 Å². The fourth-order valence-corrected chi connectivity index (χ4v) is 3.72. The summed E-state index contributed by atoms with van der Waals surface area (Å²) >= 11 is 0. The van der Waals surface area contributed by atoms with Crippen LogP contribution in [0, 0.1) is 0 Å². The largest absolute Gasteiger partial charge is 0.508 e. The first-order valence-corrected chi connectivity index (χ1v) is 8.64. The zero-order valence-electron chi connectivity index (χ0n) is 15.0. The lowest BCUT2D eigenvalue weighted by atomic mass is 9.63. The van der Waals surface area contributed by atoms with Crippen molar-refractivity contribution < 1.29 is 9.90 Å². The molecule has 0 fully saturated rings. The summed E-state index contributed by atoms with van der Waals surface area (Å²) in [6.45, 7) is 9.11. The molecule has 0 saturated carbocycles. The molecule has 2 nitrogen and oxygen atoms in total. The Bertz CT molecular complexity index is 767. The van der Waals surface area contributed by atoms with Gasteiger partial charge in [-0.15, -0.1) is 0 Å². The van der Waals surface area contributed by atoms with E-state index in [-0.39, 0.29) is 10.8 Å². The zero-order valence-corrected chi connectivity index (χ0v) is 15.0. The molecule has 0 heterocycles. The van der Waals surface area contributed by atoms with Crippen LogP contribution in [-0.2, 0) is 17.3 Å². The molecule has 0 radical (unpaired) electrons. The summed E-state index contributed by atoms with van der Waals surface area (Å²) in [6, 6.07) is 11.7. The van der Waals surface area contributed by atoms with Gasteiger partial charge >= 0.3 is 0 Å². The van der Waals surface area contributed by atoms with Gasteiger partial charge in [0.25, 0.3) is 0 Å². The third-order valence-electron chi connectivity index (χ3n) is 5.56. The minimum atomic E-state index is 0.104. The highest BCUT2D eigenvalue weighted by atomic mass is 16.3. The van der Waals surface area contributed by atoms with Crippen molar-refractivity contribution in [2.75, 3.05) is 0 Å². The monoisotopic (exact) mass is 322 g/mol. The maximum absolute atomic E-state index is 10.8. The molecule has 0 aliphatic heterocycles. The van der Waals surface area contributed by atoms with Crippen molar-refractivity contribution in [1.82, 2.24) is 0 Å². The first-order valence-electron chi connectivity index (χ1n) is 8.64. The van der Waals surface area contributed by atoms with Crippen molar-refractivity contribution in [3.05, 3.63) is 64.2 Å². The van der Waals surface area contributed by atoms with E-state index in [0.29, 0.717) is 17.7 Å². The quantitative estimate of drug-likeness (QED) is 0.794. The highest BCUT2D eigenvalue weighted by molar-refractivity contribution is 5.74. The van der Waals surface area contributed by atoms with E-state index < -0.39 is 0 Å². The molecule has 0 aromatic heterocycles. The number of carbonyl (C=O) groups excluding carboxylic acids is 1. The van der Waals surface area contributed by atoms with Crippen LogP contribution in [-0.4, -0.2) is 11.4 Å². The van der Waals surface area contributed by atoms with Gasteiger partial charge < -0.3 is 5.11 Å². The number of rotatable bonds is 3. The van der Waals surface area contributed by atoms with Crippen LogP contribution in [0.5, 0.6) is 5.75 Å². The third kappa shape index (κ3) is 2.98. The number of benzene rings is 2. The van der Waals surface area contributed by atoms with Crippen molar-refractivity contribution in [2.24, 2.45) is 0 Å². The van der Waals surface area contributed by atoms with E-state index in [1.807, 2.05) is 30.3 Å². The van der Waals surface area contributed by atoms with Crippen molar-refractivity contribution >= 4 is 6.29 Å². The molecule has 0 spiro atoms. The molecule has 3 rings (SSSR count). The Morgan fingerprint density at radius 2 is 1.50 bits per heavy atom. The molecule has 1 aliphatic rings. The second-order valence-corrected chi connectivity index (χ2v) is 8.33. The molecular formula is C22H26O2. The van der Waals surface area contributed by atoms with E-state index in [2.05, 4.69) is 33.8 Å². The smallest absolute Gasteiger partial charge is 0.150 e. The lowest BCUT2D eigenvalue weighted by Crippen LogP contribution is -2.33. The number of aromatic hydroxyl groups is 1. The SMILES string of the molecule is CC1(C)CCC(C)(C)c2cc(Cc3ccc(C=O)cc3)c(O)cc21. The molecule has 0 saturated heterocycles. The lowest BCUT2D eigenvalue weighted by Gasteiger charge is -2.42. The van der Waals surface area contributed by atoms with Crippen LogP contribution in [0.2, 0.25) is 0 Å². The van der Waals surface area contributed by atoms with E-state index in [0.717, 1.165) is 30.3 Å². The van der Waals surface area contributed by atoms with Crippen molar-refractivity contribution in [1.29, 1.82) is 0 Å². The fourth-order valence-electron chi connectivity index (χ4n) is 3.72. The van der Waals surface area contributed by atoms with Crippen LogP contribution < -0.4 is 0 Å². The van der Waals surface area contributed by atoms with Gasteiger partial charge in [-0.2, -0.15) is 0 Å². The van der Waals surface area contributed by atoms with Crippen molar-refractivity contribution in [2.45, 2.75) is 57.8 Å². The van der Waals surface area contributed by atoms with Gasteiger partial charge in [0.2, 0.25) is 0 Å². The van der Waals surface area contributed by atoms with E-state index in [9.17, 15) is 9.90 Å². The van der Waals surface area contributed by atoms with Crippen molar-refractivity contribution in [3.63, 3.8) is 0 Å². The topological polar surface area (TPSA) is 37.3 Å². The second-order valence-electron chi connectivity index (χ2n) is 8.33. The Morgan fingerprint density at radius 3 is 2.04 bits per heavy atom. The molecule has 1 aliphatic carbocycles. The standard InChI is InChI=1S/C22H26O2/c1-21(2)9-10-22(3,4)19-13-20(24)17(12-18(19)21)11-15-5-7-16(14-23)8-6-15/h5-8,12-14,24H,9-11H2,1-4H3. The van der Waals surface area contributed by atoms with E-state index in [4.69, 9.17) is 0 Å². The summed E-state index contributed by atoms with van der Waals surface area (Å²) in [7, 11) is 0. The van der Waals surface area contributed by atoms with Gasteiger partial charge in [0.1, 0.15) is 12.0 Å². The van der Waals surface area contributed by atoms with Crippen LogP contribution in [0.3, 0.4) is 0 Å². The Kier molecular flexibility index (Phi) is 4.03. The minimum absolute atomic E-state index is 0.104. The Hall–Kier alpha value is -2.09. The van der Waals surface area contributed by atoms with Crippen LogP contribution in [0.1, 0.15) is 73.1 Å².